The van der Waals surface area contributed by atoms with Gasteiger partial charge in [0.15, 0.2) is 0 Å². The van der Waals surface area contributed by atoms with Crippen molar-refractivity contribution in [2.24, 2.45) is 5.10 Å². The van der Waals surface area contributed by atoms with Crippen molar-refractivity contribution in [1.82, 2.24) is 5.43 Å². The summed E-state index contributed by atoms with van der Waals surface area (Å²) in [5, 5.41) is 6.09. The number of rotatable bonds is 7. The number of hydrogen-bond acceptors (Lipinski definition) is 4. The van der Waals surface area contributed by atoms with Crippen molar-refractivity contribution < 1.29 is 14.3 Å². The average molecular weight is 550 g/mol. The van der Waals surface area contributed by atoms with Gasteiger partial charge in [-0.15, -0.1) is 0 Å². The van der Waals surface area contributed by atoms with Gasteiger partial charge in [0, 0.05) is 0 Å². The minimum atomic E-state index is -0.332. The third-order valence-electron chi connectivity index (χ3n) is 5.16. The Labute approximate surface area is 206 Å². The van der Waals surface area contributed by atoms with Gasteiger partial charge in [-0.3, -0.25) is 4.79 Å². The molecule has 0 heterocycles. The lowest BCUT2D eigenvalue weighted by atomic mass is 10.1. The molecule has 6 heteroatoms. The van der Waals surface area contributed by atoms with Gasteiger partial charge >= 0.3 is 0 Å². The third kappa shape index (κ3) is 5.70. The quantitative estimate of drug-likeness (QED) is 0.172. The zero-order valence-corrected chi connectivity index (χ0v) is 20.5. The van der Waals surface area contributed by atoms with Gasteiger partial charge in [-0.2, -0.15) is 5.10 Å². The number of nitrogens with one attached hydrogen (secondary N) is 1. The Morgan fingerprint density at radius 3 is 2.39 bits per heavy atom. The van der Waals surface area contributed by atoms with Crippen LogP contribution in [-0.4, -0.2) is 19.2 Å². The van der Waals surface area contributed by atoms with Crippen LogP contribution in [0.25, 0.3) is 10.8 Å². The number of methoxy groups -OCH3 is 1. The zero-order chi connectivity index (χ0) is 23.2. The summed E-state index contributed by atoms with van der Waals surface area (Å²) in [5.41, 5.74) is 6.22. The highest BCUT2D eigenvalue weighted by Crippen LogP contribution is 2.26. The first kappa shape index (κ1) is 22.8. The standard InChI is InChI=1S/C27H23IN2O3/c1-18-7-9-19(10-8-18)17-33-25-12-11-20(13-24(25)28)16-29-30-27(31)23-14-21-5-3-4-6-22(21)15-26(23)32-2/h3-16H,17H2,1-2H3,(H,30,31)/b29-16-. The molecule has 33 heavy (non-hydrogen) atoms. The summed E-state index contributed by atoms with van der Waals surface area (Å²) in [6.45, 7) is 2.57. The molecule has 166 valence electrons. The van der Waals surface area contributed by atoms with Crippen molar-refractivity contribution in [3.05, 3.63) is 105 Å². The van der Waals surface area contributed by atoms with Crippen LogP contribution in [0.1, 0.15) is 27.0 Å². The molecule has 0 atom stereocenters. The molecule has 0 radical (unpaired) electrons. The number of fused-ring (bicyclic) bond motifs is 1. The van der Waals surface area contributed by atoms with Crippen molar-refractivity contribution in [1.29, 1.82) is 0 Å². The van der Waals surface area contributed by atoms with Gasteiger partial charge < -0.3 is 9.47 Å². The van der Waals surface area contributed by atoms with E-state index in [1.807, 2.05) is 54.6 Å². The molecule has 0 saturated heterocycles. The maximum absolute atomic E-state index is 12.7. The molecular weight excluding hydrogens is 527 g/mol. The van der Waals surface area contributed by atoms with Gasteiger partial charge in [-0.25, -0.2) is 5.43 Å². The predicted octanol–water partition coefficient (Wildman–Crippen LogP) is 6.10. The number of amides is 1. The van der Waals surface area contributed by atoms with E-state index in [1.165, 1.54) is 5.56 Å². The van der Waals surface area contributed by atoms with Crippen LogP contribution in [0, 0.1) is 10.5 Å². The van der Waals surface area contributed by atoms with E-state index in [0.717, 1.165) is 31.2 Å². The molecule has 0 fully saturated rings. The molecule has 0 unspecified atom stereocenters. The second kappa shape index (κ2) is 10.5. The molecular formula is C27H23IN2O3. The van der Waals surface area contributed by atoms with E-state index in [-0.39, 0.29) is 5.91 Å². The Morgan fingerprint density at radius 2 is 1.70 bits per heavy atom. The van der Waals surface area contributed by atoms with E-state index in [9.17, 15) is 4.79 Å². The summed E-state index contributed by atoms with van der Waals surface area (Å²) in [4.78, 5) is 12.7. The number of carbonyl (C=O) groups excluding carboxylic acids is 1. The predicted molar refractivity (Wildman–Crippen MR) is 140 cm³/mol. The molecule has 0 aromatic heterocycles. The monoisotopic (exact) mass is 550 g/mol. The van der Waals surface area contributed by atoms with Crippen molar-refractivity contribution in [2.75, 3.05) is 7.11 Å². The molecule has 4 rings (SSSR count). The molecule has 4 aromatic rings. The lowest BCUT2D eigenvalue weighted by molar-refractivity contribution is 0.0952. The molecule has 0 spiro atoms. The van der Waals surface area contributed by atoms with Crippen LogP contribution >= 0.6 is 22.6 Å². The second-order valence-corrected chi connectivity index (χ2v) is 8.73. The van der Waals surface area contributed by atoms with Crippen molar-refractivity contribution in [3.8, 4) is 11.5 Å². The van der Waals surface area contributed by atoms with Crippen LogP contribution in [0.2, 0.25) is 0 Å². The summed E-state index contributed by atoms with van der Waals surface area (Å²) in [6.07, 6.45) is 1.61. The van der Waals surface area contributed by atoms with E-state index in [0.29, 0.717) is 17.9 Å². The summed E-state index contributed by atoms with van der Waals surface area (Å²) < 4.78 is 12.3. The molecule has 0 aliphatic rings. The minimum Gasteiger partial charge on any atom is -0.496 e. The second-order valence-electron chi connectivity index (χ2n) is 7.56. The number of benzene rings is 4. The van der Waals surface area contributed by atoms with Crippen molar-refractivity contribution in [3.63, 3.8) is 0 Å². The van der Waals surface area contributed by atoms with E-state index >= 15 is 0 Å². The fourth-order valence-corrected chi connectivity index (χ4v) is 4.05. The van der Waals surface area contributed by atoms with Crippen LogP contribution in [-0.2, 0) is 6.61 Å². The van der Waals surface area contributed by atoms with Gasteiger partial charge in [-0.05, 0) is 81.7 Å². The smallest absolute Gasteiger partial charge is 0.275 e. The summed E-state index contributed by atoms with van der Waals surface area (Å²) in [6, 6.07) is 25.5. The van der Waals surface area contributed by atoms with Crippen molar-refractivity contribution >= 4 is 45.5 Å². The molecule has 1 amide bonds. The Bertz CT molecular complexity index is 1320. The highest BCUT2D eigenvalue weighted by Gasteiger charge is 2.13. The van der Waals surface area contributed by atoms with Gasteiger partial charge in [0.1, 0.15) is 18.1 Å². The zero-order valence-electron chi connectivity index (χ0n) is 18.3. The number of halogens is 1. The van der Waals surface area contributed by atoms with Gasteiger partial charge in [0.25, 0.3) is 5.91 Å². The normalized spacial score (nSPS) is 11.0. The van der Waals surface area contributed by atoms with Gasteiger partial charge in [0.05, 0.1) is 22.5 Å². The summed E-state index contributed by atoms with van der Waals surface area (Å²) in [7, 11) is 1.55. The highest BCUT2D eigenvalue weighted by molar-refractivity contribution is 14.1. The first-order valence-electron chi connectivity index (χ1n) is 10.4. The maximum Gasteiger partial charge on any atom is 0.275 e. The Hall–Kier alpha value is -3.39. The van der Waals surface area contributed by atoms with E-state index in [2.05, 4.69) is 64.3 Å². The van der Waals surface area contributed by atoms with Gasteiger partial charge in [-0.1, -0.05) is 54.1 Å². The average Bonchev–Trinajstić information content (AvgIpc) is 2.83. The Balaban J connectivity index is 1.41. The number of ether oxygens (including phenoxy) is 2. The summed E-state index contributed by atoms with van der Waals surface area (Å²) >= 11 is 2.24. The van der Waals surface area contributed by atoms with Crippen LogP contribution in [0.3, 0.4) is 0 Å². The lowest BCUT2D eigenvalue weighted by Crippen LogP contribution is -2.18. The number of aryl methyl sites for hydroxylation is 1. The van der Waals surface area contributed by atoms with Crippen molar-refractivity contribution in [2.45, 2.75) is 13.5 Å². The molecule has 0 aliphatic heterocycles. The fourth-order valence-electron chi connectivity index (χ4n) is 3.35. The number of carbonyl (C=O) groups is 1. The molecule has 0 saturated carbocycles. The van der Waals surface area contributed by atoms with Crippen LogP contribution in [0.15, 0.2) is 84.0 Å². The third-order valence-corrected chi connectivity index (χ3v) is 6.01. The SMILES string of the molecule is COc1cc2ccccc2cc1C(=O)N/N=C\c1ccc(OCc2ccc(C)cc2)c(I)c1. The van der Waals surface area contributed by atoms with E-state index in [4.69, 9.17) is 9.47 Å². The molecule has 4 aromatic carbocycles. The molecule has 5 nitrogen and oxygen atoms in total. The fraction of sp³-hybridized carbons (Fsp3) is 0.111. The first-order valence-corrected chi connectivity index (χ1v) is 11.5. The van der Waals surface area contributed by atoms with Crippen LogP contribution < -0.4 is 14.9 Å². The number of nitrogens with zero attached hydrogens (tertiary/aromatic N) is 1. The topological polar surface area (TPSA) is 59.9 Å². The van der Waals surface area contributed by atoms with Gasteiger partial charge in [0.2, 0.25) is 0 Å². The summed E-state index contributed by atoms with van der Waals surface area (Å²) in [5.74, 6) is 0.978. The molecule has 0 bridgehead atoms. The maximum atomic E-state index is 12.7. The Morgan fingerprint density at radius 1 is 0.970 bits per heavy atom. The van der Waals surface area contributed by atoms with E-state index in [1.54, 1.807) is 13.3 Å². The van der Waals surface area contributed by atoms with Crippen LogP contribution in [0.5, 0.6) is 11.5 Å². The lowest BCUT2D eigenvalue weighted by Gasteiger charge is -2.10. The van der Waals surface area contributed by atoms with Crippen LogP contribution in [0.4, 0.5) is 0 Å². The minimum absolute atomic E-state index is 0.332. The highest BCUT2D eigenvalue weighted by atomic mass is 127. The number of hydrogen-bond donors (Lipinski definition) is 1. The van der Waals surface area contributed by atoms with E-state index < -0.39 is 0 Å². The molecule has 0 aliphatic carbocycles. The molecule has 1 N–H and O–H groups in total. The Kier molecular flexibility index (Phi) is 7.24. The number of hydrazone groups is 1. The largest absolute Gasteiger partial charge is 0.496 e. The first-order chi connectivity index (χ1) is 16.0.